The van der Waals surface area contributed by atoms with Crippen molar-refractivity contribution in [3.63, 3.8) is 0 Å². The van der Waals surface area contributed by atoms with Crippen molar-refractivity contribution >= 4 is 56.7 Å². The molecule has 46 heavy (non-hydrogen) atoms. The molecular formula is C20H26N10O14P2. The third kappa shape index (κ3) is 6.06. The van der Waals surface area contributed by atoms with E-state index in [4.69, 9.17) is 34.2 Å². The van der Waals surface area contributed by atoms with Gasteiger partial charge in [-0.15, -0.1) is 0 Å². The Kier molecular flexibility index (Phi) is 8.52. The van der Waals surface area contributed by atoms with Crippen molar-refractivity contribution < 1.29 is 67.0 Å². The van der Waals surface area contributed by atoms with E-state index in [1.807, 2.05) is 0 Å². The molecule has 250 valence electrons. The number of nitrogens with one attached hydrogen (secondary N) is 2. The predicted molar refractivity (Wildman–Crippen MR) is 146 cm³/mol. The smallest absolute Gasteiger partial charge is 0.394 e. The number of phosphoric acid groups is 2. The molecule has 2 fully saturated rings. The molecule has 2 unspecified atom stereocenters. The number of nitrogens with two attached hydrogens (primary N) is 1. The van der Waals surface area contributed by atoms with Crippen LogP contribution in [-0.4, -0.2) is 141 Å². The molecule has 0 bridgehead atoms. The number of nitrogens with zero attached hydrogens (tertiary/aromatic N) is 7. The van der Waals surface area contributed by atoms with Crippen molar-refractivity contribution in [3.8, 4) is 0 Å². The second-order valence-electron chi connectivity index (χ2n) is 10.2. The van der Waals surface area contributed by atoms with Gasteiger partial charge in [-0.05, 0) is 0 Å². The van der Waals surface area contributed by atoms with Crippen LogP contribution in [0.5, 0.6) is 0 Å². The zero-order valence-electron chi connectivity index (χ0n) is 22.9. The van der Waals surface area contributed by atoms with E-state index in [1.165, 1.54) is 4.57 Å². The van der Waals surface area contributed by atoms with Gasteiger partial charge in [0.1, 0.15) is 48.5 Å². The van der Waals surface area contributed by atoms with Crippen LogP contribution in [0.3, 0.4) is 0 Å². The Balaban J connectivity index is 1.17. The molecule has 4 aliphatic rings. The normalized spacial score (nSPS) is 34.2. The maximum Gasteiger partial charge on any atom is 0.472 e. The first kappa shape index (κ1) is 32.6. The van der Waals surface area contributed by atoms with Gasteiger partial charge in [-0.3, -0.25) is 43.6 Å². The van der Waals surface area contributed by atoms with E-state index in [2.05, 4.69) is 30.3 Å². The Morgan fingerprint density at radius 1 is 1.04 bits per heavy atom. The van der Waals surface area contributed by atoms with Gasteiger partial charge in [-0.1, -0.05) is 0 Å². The van der Waals surface area contributed by atoms with E-state index in [0.717, 1.165) is 23.9 Å². The summed E-state index contributed by atoms with van der Waals surface area (Å²) in [6.45, 7) is -1.78. The lowest BCUT2D eigenvalue weighted by Crippen LogP contribution is -2.53. The van der Waals surface area contributed by atoms with Crippen molar-refractivity contribution in [2.75, 3.05) is 18.9 Å². The number of aromatic nitrogens is 4. The zero-order chi connectivity index (χ0) is 33.1. The van der Waals surface area contributed by atoms with E-state index >= 15 is 0 Å². The molecule has 6 rings (SSSR count). The van der Waals surface area contributed by atoms with Crippen LogP contribution >= 0.6 is 15.6 Å². The van der Waals surface area contributed by atoms with Crippen LogP contribution in [0.1, 0.15) is 6.23 Å². The topological polar surface area (TPSA) is 352 Å². The number of aliphatic hydroxyl groups is 3. The number of amidine groups is 1. The lowest BCUT2D eigenvalue weighted by molar-refractivity contribution is -0.119. The summed E-state index contributed by atoms with van der Waals surface area (Å²) in [5, 5.41) is 41.6. The maximum absolute atomic E-state index is 13.0. The molecule has 1 amide bonds. The second-order valence-corrected chi connectivity index (χ2v) is 12.8. The predicted octanol–water partition coefficient (Wildman–Crippen LogP) is -4.10. The van der Waals surface area contributed by atoms with Crippen LogP contribution in [0.25, 0.3) is 11.2 Å². The maximum atomic E-state index is 13.0. The molecule has 2 aromatic rings. The van der Waals surface area contributed by atoms with Gasteiger partial charge < -0.3 is 45.2 Å². The molecule has 6 heterocycles. The van der Waals surface area contributed by atoms with E-state index in [-0.39, 0.29) is 22.8 Å². The summed E-state index contributed by atoms with van der Waals surface area (Å²) in [5.74, 6) is -1.25. The van der Waals surface area contributed by atoms with Crippen molar-refractivity contribution in [1.29, 1.82) is 5.41 Å². The average molecular weight is 692 g/mol. The average Bonchev–Trinajstić information content (AvgIpc) is 3.73. The van der Waals surface area contributed by atoms with Crippen LogP contribution in [0, 0.1) is 5.41 Å². The number of ether oxygens (including phenoxy) is 2. The standard InChI is InChI=1S/C20H26N10O14P2/c21-14-8-15(24-3-23-14)29(4-25-8)18-11(33)13(43-45(35,36)37)7(42-18)2-40-46(38,39)44-12-6(1-31)41-19(10(12)32)30-5-26-9-16(30)27-20(22)28-17(9)34/h3-7,9-13,18-19,31-33H,1-2H2,(H,38,39)(H2,21,23,24)(H2,22,28,34)(H2,35,36,37)/t6-,7-,9?,10-,11-,12-,13-,18-,19-/m1/s1. The summed E-state index contributed by atoms with van der Waals surface area (Å²) in [6, 6.07) is -1.15. The van der Waals surface area contributed by atoms with Crippen molar-refractivity contribution in [2.45, 2.75) is 55.1 Å². The van der Waals surface area contributed by atoms with E-state index in [1.54, 1.807) is 0 Å². The van der Waals surface area contributed by atoms with E-state index in [0.29, 0.717) is 0 Å². The molecule has 2 saturated heterocycles. The summed E-state index contributed by atoms with van der Waals surface area (Å²) in [4.78, 5) is 62.4. The first-order valence-corrected chi connectivity index (χ1v) is 16.1. The van der Waals surface area contributed by atoms with Gasteiger partial charge in [0.2, 0.25) is 5.96 Å². The number of carbonyl (C=O) groups is 1. The number of anilines is 1. The number of carbonyl (C=O) groups excluding carboxylic acids is 1. The molecule has 0 aliphatic carbocycles. The number of rotatable bonds is 10. The number of amides is 1. The number of hydrogen-bond acceptors (Lipinski definition) is 18. The Bertz CT molecular complexity index is 1700. The van der Waals surface area contributed by atoms with Crippen LogP contribution < -0.4 is 11.1 Å². The molecule has 26 heteroatoms. The molecule has 0 aromatic carbocycles. The van der Waals surface area contributed by atoms with Gasteiger partial charge in [0, 0.05) is 0 Å². The van der Waals surface area contributed by atoms with Gasteiger partial charge in [0.25, 0.3) is 5.91 Å². The van der Waals surface area contributed by atoms with Gasteiger partial charge >= 0.3 is 15.6 Å². The minimum absolute atomic E-state index is 0.00691. The Labute approximate surface area is 255 Å². The van der Waals surface area contributed by atoms with E-state index in [9.17, 15) is 43.9 Å². The number of fused-ring (bicyclic) bond motifs is 2. The molecular weight excluding hydrogens is 666 g/mol. The van der Waals surface area contributed by atoms with Gasteiger partial charge in [0.05, 0.1) is 25.9 Å². The lowest BCUT2D eigenvalue weighted by atomic mass is 10.1. The highest BCUT2D eigenvalue weighted by Gasteiger charge is 2.54. The largest absolute Gasteiger partial charge is 0.472 e. The van der Waals surface area contributed by atoms with Crippen LogP contribution in [0.15, 0.2) is 22.6 Å². The summed E-state index contributed by atoms with van der Waals surface area (Å²) >= 11 is 0. The monoisotopic (exact) mass is 692 g/mol. The molecule has 10 atom stereocenters. The highest BCUT2D eigenvalue weighted by Crippen LogP contribution is 2.50. The zero-order valence-corrected chi connectivity index (χ0v) is 24.7. The third-order valence-corrected chi connectivity index (χ3v) is 8.72. The molecule has 24 nitrogen and oxygen atoms in total. The molecule has 0 saturated carbocycles. The fraction of sp³-hybridized carbons (Fsp3) is 0.550. The molecule has 0 spiro atoms. The third-order valence-electron chi connectivity index (χ3n) is 7.22. The fourth-order valence-electron chi connectivity index (χ4n) is 5.24. The molecule has 2 aromatic heterocycles. The van der Waals surface area contributed by atoms with Crippen LogP contribution in [-0.2, 0) is 37.0 Å². The first-order valence-electron chi connectivity index (χ1n) is 13.1. The first-order chi connectivity index (χ1) is 21.7. The fourth-order valence-corrected chi connectivity index (χ4v) is 6.78. The second kappa shape index (κ2) is 12.0. The number of guanidine groups is 1. The van der Waals surface area contributed by atoms with Crippen molar-refractivity contribution in [2.24, 2.45) is 9.98 Å². The lowest BCUT2D eigenvalue weighted by Gasteiger charge is -2.28. The summed E-state index contributed by atoms with van der Waals surface area (Å²) in [6.07, 6.45) is -9.69. The van der Waals surface area contributed by atoms with E-state index < -0.39 is 95.8 Å². The number of imidazole rings is 1. The Morgan fingerprint density at radius 3 is 2.46 bits per heavy atom. The van der Waals surface area contributed by atoms with Crippen LogP contribution in [0.4, 0.5) is 5.82 Å². The van der Waals surface area contributed by atoms with Gasteiger partial charge in [-0.2, -0.15) is 4.99 Å². The quantitative estimate of drug-likeness (QED) is 0.107. The summed E-state index contributed by atoms with van der Waals surface area (Å²) < 4.78 is 52.0. The molecule has 0 radical (unpaired) electrons. The van der Waals surface area contributed by atoms with Gasteiger partial charge in [-0.25, -0.2) is 24.1 Å². The summed E-state index contributed by atoms with van der Waals surface area (Å²) in [7, 11) is -10.5. The molecule has 10 N–H and O–H groups in total. The number of aliphatic imine (C=N–C) groups is 2. The number of aliphatic hydroxyl groups excluding tert-OH is 3. The van der Waals surface area contributed by atoms with Gasteiger partial charge in [0.15, 0.2) is 35.8 Å². The number of nitrogen functional groups attached to an aromatic ring is 1. The summed E-state index contributed by atoms with van der Waals surface area (Å²) in [5.41, 5.74) is 5.99. The van der Waals surface area contributed by atoms with Crippen LogP contribution in [0.2, 0.25) is 0 Å². The Morgan fingerprint density at radius 2 is 1.74 bits per heavy atom. The van der Waals surface area contributed by atoms with Crippen molar-refractivity contribution in [1.82, 2.24) is 29.7 Å². The van der Waals surface area contributed by atoms with Crippen molar-refractivity contribution in [3.05, 3.63) is 12.7 Å². The highest BCUT2D eigenvalue weighted by atomic mass is 31.2. The Hall–Kier alpha value is -3.35. The minimum atomic E-state index is -5.26. The SMILES string of the molecule is N=C1N=C2C(N=CN2[C@@H]2O[C@H](CO)[C@@H](OP(=O)(O)OC[C@H]3O[C@@H](n4cnc5c(N)ncnc54)[C@H](O)[C@@H]3OP(=O)(O)O)[C@H]2O)C(=O)N1. The molecule has 4 aliphatic heterocycles. The highest BCUT2D eigenvalue weighted by molar-refractivity contribution is 7.47. The minimum Gasteiger partial charge on any atom is -0.394 e. The number of phosphoric ester groups is 2. The number of hydrogen-bond donors (Lipinski definition) is 9.